The molecule has 26 heavy (non-hydrogen) atoms. The van der Waals surface area contributed by atoms with Crippen molar-refractivity contribution in [2.75, 3.05) is 6.54 Å². The van der Waals surface area contributed by atoms with E-state index in [4.69, 9.17) is 0 Å². The van der Waals surface area contributed by atoms with E-state index in [0.29, 0.717) is 0 Å². The lowest BCUT2D eigenvalue weighted by Crippen LogP contribution is -2.24. The minimum absolute atomic E-state index is 0.239. The van der Waals surface area contributed by atoms with Crippen molar-refractivity contribution in [1.82, 2.24) is 29.9 Å². The number of rotatable bonds is 4. The highest BCUT2D eigenvalue weighted by Crippen LogP contribution is 2.32. The summed E-state index contributed by atoms with van der Waals surface area (Å²) in [6.07, 6.45) is 2.21. The molecule has 1 aliphatic rings. The fraction of sp³-hybridized carbons (Fsp3) is 0.421. The van der Waals surface area contributed by atoms with Gasteiger partial charge in [-0.1, -0.05) is 0 Å². The average Bonchev–Trinajstić information content (AvgIpc) is 3.31. The van der Waals surface area contributed by atoms with E-state index < -0.39 is 0 Å². The molecule has 0 saturated carbocycles. The van der Waals surface area contributed by atoms with E-state index in [-0.39, 0.29) is 11.9 Å². The fourth-order valence-electron chi connectivity index (χ4n) is 3.76. The highest BCUT2D eigenvalue weighted by atomic mass is 19.1. The molecule has 0 radical (unpaired) electrons. The Morgan fingerprint density at radius 2 is 1.96 bits per heavy atom. The highest BCUT2D eigenvalue weighted by Gasteiger charge is 2.30. The minimum atomic E-state index is -0.239. The maximum absolute atomic E-state index is 13.2. The van der Waals surface area contributed by atoms with Crippen LogP contribution in [0.3, 0.4) is 0 Å². The lowest BCUT2D eigenvalue weighted by Gasteiger charge is -2.22. The number of likely N-dealkylation sites (tertiary alicyclic amines) is 1. The first kappa shape index (κ1) is 16.9. The number of aromatic amines is 1. The van der Waals surface area contributed by atoms with E-state index in [1.807, 2.05) is 18.5 Å². The Bertz CT molecular complexity index is 911. The molecule has 1 saturated heterocycles. The molecule has 4 rings (SSSR count). The SMILES string of the molecule is Cc1nc([C@H]2CCCN2Cc2c(C)nn(-c3ccc(F)cc3)c2C)n[nH]1. The molecule has 3 aromatic rings. The molecule has 0 amide bonds. The second-order valence-corrected chi connectivity index (χ2v) is 6.95. The largest absolute Gasteiger partial charge is 0.289 e. The molecule has 2 aromatic heterocycles. The number of nitrogens with one attached hydrogen (secondary N) is 1. The van der Waals surface area contributed by atoms with Crippen molar-refractivity contribution in [3.8, 4) is 5.69 Å². The van der Waals surface area contributed by atoms with Crippen LogP contribution in [0.25, 0.3) is 5.69 Å². The van der Waals surface area contributed by atoms with Crippen LogP contribution in [0.2, 0.25) is 0 Å². The molecule has 0 spiro atoms. The van der Waals surface area contributed by atoms with Gasteiger partial charge in [0.05, 0.1) is 17.4 Å². The lowest BCUT2D eigenvalue weighted by atomic mass is 10.1. The van der Waals surface area contributed by atoms with Gasteiger partial charge in [0.25, 0.3) is 0 Å². The van der Waals surface area contributed by atoms with E-state index in [0.717, 1.165) is 54.7 Å². The van der Waals surface area contributed by atoms with Crippen molar-refractivity contribution in [2.24, 2.45) is 0 Å². The van der Waals surface area contributed by atoms with Crippen molar-refractivity contribution in [2.45, 2.75) is 46.2 Å². The molecular formula is C19H23FN6. The summed E-state index contributed by atoms with van der Waals surface area (Å²) in [5.41, 5.74) is 4.18. The van der Waals surface area contributed by atoms with Gasteiger partial charge in [-0.3, -0.25) is 10.00 Å². The summed E-state index contributed by atoms with van der Waals surface area (Å²) in [6, 6.07) is 6.69. The van der Waals surface area contributed by atoms with Crippen LogP contribution in [0, 0.1) is 26.6 Å². The van der Waals surface area contributed by atoms with Gasteiger partial charge >= 0.3 is 0 Å². The van der Waals surface area contributed by atoms with Crippen LogP contribution < -0.4 is 0 Å². The maximum atomic E-state index is 13.2. The number of hydrogen-bond acceptors (Lipinski definition) is 4. The van der Waals surface area contributed by atoms with Crippen LogP contribution in [0.1, 0.15) is 47.5 Å². The third-order valence-electron chi connectivity index (χ3n) is 5.15. The molecule has 1 aliphatic heterocycles. The lowest BCUT2D eigenvalue weighted by molar-refractivity contribution is 0.239. The predicted molar refractivity (Wildman–Crippen MR) is 96.5 cm³/mol. The molecular weight excluding hydrogens is 331 g/mol. The molecule has 1 atom stereocenters. The Hall–Kier alpha value is -2.54. The van der Waals surface area contributed by atoms with E-state index in [9.17, 15) is 4.39 Å². The number of aromatic nitrogens is 5. The van der Waals surface area contributed by atoms with Gasteiger partial charge in [-0.05, 0) is 64.4 Å². The zero-order valence-corrected chi connectivity index (χ0v) is 15.3. The Morgan fingerprint density at radius 3 is 2.65 bits per heavy atom. The molecule has 1 aromatic carbocycles. The van der Waals surface area contributed by atoms with Crippen molar-refractivity contribution in [1.29, 1.82) is 0 Å². The highest BCUT2D eigenvalue weighted by molar-refractivity contribution is 5.37. The minimum Gasteiger partial charge on any atom is -0.289 e. The smallest absolute Gasteiger partial charge is 0.167 e. The third-order valence-corrected chi connectivity index (χ3v) is 5.15. The van der Waals surface area contributed by atoms with E-state index in [1.165, 1.54) is 17.7 Å². The number of benzene rings is 1. The van der Waals surface area contributed by atoms with Crippen LogP contribution in [-0.2, 0) is 6.54 Å². The summed E-state index contributed by atoms with van der Waals surface area (Å²) in [7, 11) is 0. The summed E-state index contributed by atoms with van der Waals surface area (Å²) in [5.74, 6) is 1.49. The van der Waals surface area contributed by atoms with Crippen LogP contribution in [0.15, 0.2) is 24.3 Å². The van der Waals surface area contributed by atoms with Crippen LogP contribution in [0.4, 0.5) is 4.39 Å². The number of hydrogen-bond donors (Lipinski definition) is 1. The molecule has 6 nitrogen and oxygen atoms in total. The quantitative estimate of drug-likeness (QED) is 0.780. The first-order valence-corrected chi connectivity index (χ1v) is 8.97. The zero-order chi connectivity index (χ0) is 18.3. The number of aryl methyl sites for hydroxylation is 2. The standard InChI is InChI=1S/C19H23FN6/c1-12-17(13(2)26(24-12)16-8-6-15(20)7-9-16)11-25-10-4-5-18(25)19-21-14(3)22-23-19/h6-9,18H,4-5,10-11H2,1-3H3,(H,21,22,23)/t18-/m1/s1. The Balaban J connectivity index is 1.61. The topological polar surface area (TPSA) is 62.6 Å². The van der Waals surface area contributed by atoms with E-state index in [1.54, 1.807) is 12.1 Å². The van der Waals surface area contributed by atoms with Crippen molar-refractivity contribution >= 4 is 0 Å². The normalized spacial score (nSPS) is 17.9. The van der Waals surface area contributed by atoms with Crippen LogP contribution in [0.5, 0.6) is 0 Å². The summed E-state index contributed by atoms with van der Waals surface area (Å²) in [5, 5.41) is 12.0. The van der Waals surface area contributed by atoms with Gasteiger partial charge in [0.1, 0.15) is 11.6 Å². The molecule has 1 N–H and O–H groups in total. The fourth-order valence-corrected chi connectivity index (χ4v) is 3.76. The second-order valence-electron chi connectivity index (χ2n) is 6.95. The van der Waals surface area contributed by atoms with Crippen molar-refractivity contribution in [3.63, 3.8) is 0 Å². The van der Waals surface area contributed by atoms with Gasteiger partial charge < -0.3 is 0 Å². The van der Waals surface area contributed by atoms with Crippen LogP contribution >= 0.6 is 0 Å². The van der Waals surface area contributed by atoms with Crippen LogP contribution in [-0.4, -0.2) is 36.4 Å². The van der Waals surface area contributed by atoms with Gasteiger partial charge in [-0.15, -0.1) is 0 Å². The van der Waals surface area contributed by atoms with Crippen molar-refractivity contribution < 1.29 is 4.39 Å². The zero-order valence-electron chi connectivity index (χ0n) is 15.3. The third kappa shape index (κ3) is 3.03. The van der Waals surface area contributed by atoms with Gasteiger partial charge in [0.2, 0.25) is 0 Å². The van der Waals surface area contributed by atoms with Gasteiger partial charge in [0.15, 0.2) is 5.82 Å². The summed E-state index contributed by atoms with van der Waals surface area (Å²) in [4.78, 5) is 6.95. The maximum Gasteiger partial charge on any atom is 0.167 e. The summed E-state index contributed by atoms with van der Waals surface area (Å²) in [6.45, 7) is 7.87. The number of halogens is 1. The molecule has 7 heteroatoms. The van der Waals surface area contributed by atoms with Gasteiger partial charge in [-0.25, -0.2) is 14.1 Å². The summed E-state index contributed by atoms with van der Waals surface area (Å²) >= 11 is 0. The second kappa shape index (κ2) is 6.64. The average molecular weight is 354 g/mol. The number of H-pyrrole nitrogens is 1. The monoisotopic (exact) mass is 354 g/mol. The molecule has 0 aliphatic carbocycles. The van der Waals surface area contributed by atoms with E-state index in [2.05, 4.69) is 32.1 Å². The predicted octanol–water partition coefficient (Wildman–Crippen LogP) is 3.39. The van der Waals surface area contributed by atoms with Gasteiger partial charge in [-0.2, -0.15) is 10.2 Å². The van der Waals surface area contributed by atoms with Gasteiger partial charge in [0, 0.05) is 17.8 Å². The molecule has 3 heterocycles. The summed E-state index contributed by atoms with van der Waals surface area (Å²) < 4.78 is 15.1. The Labute approximate surface area is 152 Å². The first-order chi connectivity index (χ1) is 12.5. The molecule has 0 unspecified atom stereocenters. The first-order valence-electron chi connectivity index (χ1n) is 8.97. The van der Waals surface area contributed by atoms with E-state index >= 15 is 0 Å². The Morgan fingerprint density at radius 1 is 1.19 bits per heavy atom. The molecule has 1 fully saturated rings. The van der Waals surface area contributed by atoms with Crippen molar-refractivity contribution in [3.05, 3.63) is 58.7 Å². The molecule has 0 bridgehead atoms. The number of nitrogens with zero attached hydrogens (tertiary/aromatic N) is 5. The molecule has 136 valence electrons. The Kier molecular flexibility index (Phi) is 4.32.